The predicted molar refractivity (Wildman–Crippen MR) is 119 cm³/mol. The van der Waals surface area contributed by atoms with Gasteiger partial charge in [-0.1, -0.05) is 29.8 Å². The average molecular weight is 441 g/mol. The van der Waals surface area contributed by atoms with E-state index in [1.54, 1.807) is 60.7 Å². The SMILES string of the molecule is O=C(CSc1ccc(NC(=O)c2ccccc2C(=O)O)cc1)Nc1cccc(Cl)c1. The number of hydrogen-bond donors (Lipinski definition) is 3. The van der Waals surface area contributed by atoms with Gasteiger partial charge in [0.2, 0.25) is 5.91 Å². The van der Waals surface area contributed by atoms with Gasteiger partial charge in [-0.2, -0.15) is 0 Å². The van der Waals surface area contributed by atoms with Crippen LogP contribution in [0.4, 0.5) is 11.4 Å². The number of thioether (sulfide) groups is 1. The number of hydrogen-bond acceptors (Lipinski definition) is 4. The fourth-order valence-electron chi connectivity index (χ4n) is 2.61. The lowest BCUT2D eigenvalue weighted by Gasteiger charge is -2.09. The van der Waals surface area contributed by atoms with E-state index in [0.29, 0.717) is 16.4 Å². The Morgan fingerprint density at radius 2 is 1.53 bits per heavy atom. The molecule has 0 aliphatic rings. The van der Waals surface area contributed by atoms with Gasteiger partial charge in [-0.05, 0) is 54.6 Å². The minimum Gasteiger partial charge on any atom is -0.478 e. The Hall–Kier alpha value is -3.29. The summed E-state index contributed by atoms with van der Waals surface area (Å²) in [5, 5.41) is 15.2. The van der Waals surface area contributed by atoms with Crippen LogP contribution in [0, 0.1) is 0 Å². The normalized spacial score (nSPS) is 10.3. The van der Waals surface area contributed by atoms with E-state index in [4.69, 9.17) is 11.6 Å². The van der Waals surface area contributed by atoms with Crippen LogP contribution in [0.25, 0.3) is 0 Å². The van der Waals surface area contributed by atoms with Crippen LogP contribution in [-0.4, -0.2) is 28.6 Å². The highest BCUT2D eigenvalue weighted by molar-refractivity contribution is 8.00. The molecule has 0 spiro atoms. The molecule has 0 radical (unpaired) electrons. The molecule has 3 aromatic rings. The summed E-state index contributed by atoms with van der Waals surface area (Å²) in [4.78, 5) is 36.6. The predicted octanol–water partition coefficient (Wildman–Crippen LogP) is 5.02. The van der Waals surface area contributed by atoms with Crippen LogP contribution in [0.3, 0.4) is 0 Å². The molecule has 0 atom stereocenters. The van der Waals surface area contributed by atoms with Crippen LogP contribution in [0.5, 0.6) is 0 Å². The molecule has 3 aromatic carbocycles. The Labute approximate surface area is 182 Å². The third-order valence-electron chi connectivity index (χ3n) is 3.99. The molecule has 0 saturated heterocycles. The second kappa shape index (κ2) is 9.96. The van der Waals surface area contributed by atoms with E-state index in [-0.39, 0.29) is 22.8 Å². The van der Waals surface area contributed by atoms with Gasteiger partial charge in [0, 0.05) is 21.3 Å². The Morgan fingerprint density at radius 1 is 0.833 bits per heavy atom. The van der Waals surface area contributed by atoms with Gasteiger partial charge in [0.15, 0.2) is 0 Å². The van der Waals surface area contributed by atoms with E-state index in [1.165, 1.54) is 23.9 Å². The van der Waals surface area contributed by atoms with Gasteiger partial charge in [-0.25, -0.2) is 4.79 Å². The number of carbonyl (C=O) groups excluding carboxylic acids is 2. The fraction of sp³-hybridized carbons (Fsp3) is 0.0455. The van der Waals surface area contributed by atoms with Crippen LogP contribution in [0.2, 0.25) is 5.02 Å². The number of carbonyl (C=O) groups is 3. The summed E-state index contributed by atoms with van der Waals surface area (Å²) in [6.45, 7) is 0. The van der Waals surface area contributed by atoms with Crippen molar-refractivity contribution in [2.24, 2.45) is 0 Å². The summed E-state index contributed by atoms with van der Waals surface area (Å²) in [7, 11) is 0. The van der Waals surface area contributed by atoms with Gasteiger partial charge in [0.05, 0.1) is 16.9 Å². The van der Waals surface area contributed by atoms with Gasteiger partial charge >= 0.3 is 5.97 Å². The number of rotatable bonds is 7. The minimum absolute atomic E-state index is 0.0621. The van der Waals surface area contributed by atoms with E-state index in [0.717, 1.165) is 4.90 Å². The summed E-state index contributed by atoms with van der Waals surface area (Å²) in [5.74, 6) is -1.62. The molecule has 2 amide bonds. The lowest BCUT2D eigenvalue weighted by molar-refractivity contribution is -0.113. The fourth-order valence-corrected chi connectivity index (χ4v) is 3.50. The molecule has 0 aliphatic heterocycles. The summed E-state index contributed by atoms with van der Waals surface area (Å²) in [5.41, 5.74) is 1.18. The number of anilines is 2. The molecule has 8 heteroatoms. The van der Waals surface area contributed by atoms with E-state index in [9.17, 15) is 19.5 Å². The van der Waals surface area contributed by atoms with Crippen molar-refractivity contribution in [3.8, 4) is 0 Å². The quantitative estimate of drug-likeness (QED) is 0.448. The molecule has 3 rings (SSSR count). The van der Waals surface area contributed by atoms with Crippen molar-refractivity contribution in [1.82, 2.24) is 0 Å². The van der Waals surface area contributed by atoms with Gasteiger partial charge in [0.1, 0.15) is 0 Å². The molecule has 3 N–H and O–H groups in total. The van der Waals surface area contributed by atoms with Gasteiger partial charge in [-0.15, -0.1) is 11.8 Å². The number of carboxylic acid groups (broad SMARTS) is 1. The van der Waals surface area contributed by atoms with Crippen molar-refractivity contribution in [3.63, 3.8) is 0 Å². The lowest BCUT2D eigenvalue weighted by Crippen LogP contribution is -2.16. The standard InChI is InChI=1S/C22H17ClN2O4S/c23-14-4-3-5-16(12-14)24-20(26)13-30-17-10-8-15(9-11-17)25-21(27)18-6-1-2-7-19(18)22(28)29/h1-12H,13H2,(H,24,26)(H,25,27)(H,28,29). The van der Waals surface area contributed by atoms with E-state index in [2.05, 4.69) is 10.6 Å². The molecule has 0 bridgehead atoms. The van der Waals surface area contributed by atoms with Crippen LogP contribution in [0.1, 0.15) is 20.7 Å². The molecule has 0 fully saturated rings. The zero-order valence-electron chi connectivity index (χ0n) is 15.6. The van der Waals surface area contributed by atoms with Gasteiger partial charge in [0.25, 0.3) is 5.91 Å². The molecule has 0 aliphatic carbocycles. The van der Waals surface area contributed by atoms with Crippen molar-refractivity contribution in [2.75, 3.05) is 16.4 Å². The summed E-state index contributed by atoms with van der Waals surface area (Å²) >= 11 is 7.25. The van der Waals surface area contributed by atoms with Crippen LogP contribution in [0.15, 0.2) is 77.7 Å². The second-order valence-electron chi connectivity index (χ2n) is 6.18. The maximum absolute atomic E-state index is 12.4. The van der Waals surface area contributed by atoms with E-state index in [1.807, 2.05) is 0 Å². The molecule has 0 heterocycles. The third kappa shape index (κ3) is 5.85. The topological polar surface area (TPSA) is 95.5 Å². The number of aromatic carboxylic acids is 1. The smallest absolute Gasteiger partial charge is 0.336 e. The Bertz CT molecular complexity index is 1090. The number of amides is 2. The van der Waals surface area contributed by atoms with Crippen molar-refractivity contribution in [2.45, 2.75) is 4.90 Å². The number of halogens is 1. The third-order valence-corrected chi connectivity index (χ3v) is 5.24. The molecular formula is C22H17ClN2O4S. The highest BCUT2D eigenvalue weighted by Gasteiger charge is 2.15. The first kappa shape index (κ1) is 21.4. The first-order chi connectivity index (χ1) is 14.4. The van der Waals surface area contributed by atoms with Crippen molar-refractivity contribution < 1.29 is 19.5 Å². The first-order valence-corrected chi connectivity index (χ1v) is 10.2. The van der Waals surface area contributed by atoms with Crippen LogP contribution < -0.4 is 10.6 Å². The molecular weight excluding hydrogens is 424 g/mol. The Balaban J connectivity index is 1.55. The largest absolute Gasteiger partial charge is 0.478 e. The molecule has 0 unspecified atom stereocenters. The maximum atomic E-state index is 12.4. The zero-order chi connectivity index (χ0) is 21.5. The second-order valence-corrected chi connectivity index (χ2v) is 7.66. The lowest BCUT2D eigenvalue weighted by atomic mass is 10.1. The summed E-state index contributed by atoms with van der Waals surface area (Å²) in [6, 6.07) is 19.9. The Morgan fingerprint density at radius 3 is 2.20 bits per heavy atom. The van der Waals surface area contributed by atoms with Gasteiger partial charge < -0.3 is 15.7 Å². The maximum Gasteiger partial charge on any atom is 0.336 e. The monoisotopic (exact) mass is 440 g/mol. The number of carboxylic acids is 1. The highest BCUT2D eigenvalue weighted by Crippen LogP contribution is 2.22. The van der Waals surface area contributed by atoms with Crippen molar-refractivity contribution in [1.29, 1.82) is 0 Å². The highest BCUT2D eigenvalue weighted by atomic mass is 35.5. The van der Waals surface area contributed by atoms with E-state index >= 15 is 0 Å². The Kier molecular flexibility index (Phi) is 7.11. The zero-order valence-corrected chi connectivity index (χ0v) is 17.2. The number of nitrogens with one attached hydrogen (secondary N) is 2. The molecule has 6 nitrogen and oxygen atoms in total. The van der Waals surface area contributed by atoms with Crippen molar-refractivity contribution >= 4 is 52.5 Å². The molecule has 0 aromatic heterocycles. The molecule has 30 heavy (non-hydrogen) atoms. The van der Waals surface area contributed by atoms with Gasteiger partial charge in [-0.3, -0.25) is 9.59 Å². The molecule has 0 saturated carbocycles. The van der Waals surface area contributed by atoms with Crippen molar-refractivity contribution in [3.05, 3.63) is 88.9 Å². The van der Waals surface area contributed by atoms with Crippen LogP contribution >= 0.6 is 23.4 Å². The summed E-state index contributed by atoms with van der Waals surface area (Å²) < 4.78 is 0. The van der Waals surface area contributed by atoms with E-state index < -0.39 is 11.9 Å². The number of benzene rings is 3. The molecule has 152 valence electrons. The summed E-state index contributed by atoms with van der Waals surface area (Å²) in [6.07, 6.45) is 0. The first-order valence-electron chi connectivity index (χ1n) is 8.84. The van der Waals surface area contributed by atoms with Crippen LogP contribution in [-0.2, 0) is 4.79 Å². The average Bonchev–Trinajstić information content (AvgIpc) is 2.73. The minimum atomic E-state index is -1.16.